The van der Waals surface area contributed by atoms with Crippen molar-refractivity contribution in [1.29, 1.82) is 0 Å². The van der Waals surface area contributed by atoms with Crippen molar-refractivity contribution in [3.05, 3.63) is 12.2 Å². The van der Waals surface area contributed by atoms with E-state index in [1.807, 2.05) is 6.33 Å². The van der Waals surface area contributed by atoms with Crippen LogP contribution in [0.1, 0.15) is 56.3 Å². The van der Waals surface area contributed by atoms with Gasteiger partial charge in [-0.25, -0.2) is 0 Å². The molecule has 0 radical (unpaired) electrons. The van der Waals surface area contributed by atoms with Crippen LogP contribution in [-0.2, 0) is 4.74 Å². The van der Waals surface area contributed by atoms with Crippen molar-refractivity contribution in [2.24, 2.45) is 5.73 Å². The SMILES string of the molecule is NC1CCC(c2nncn2C2CCOCC2)CC1. The minimum Gasteiger partial charge on any atom is -0.381 e. The lowest BCUT2D eigenvalue weighted by molar-refractivity contribution is 0.0682. The minimum absolute atomic E-state index is 0.390. The summed E-state index contributed by atoms with van der Waals surface area (Å²) in [5.74, 6) is 1.73. The van der Waals surface area contributed by atoms with Crippen LogP contribution >= 0.6 is 0 Å². The summed E-state index contributed by atoms with van der Waals surface area (Å²) < 4.78 is 7.72. The summed E-state index contributed by atoms with van der Waals surface area (Å²) in [6, 6.07) is 0.917. The first-order chi connectivity index (χ1) is 8.84. The molecule has 18 heavy (non-hydrogen) atoms. The molecule has 2 fully saturated rings. The highest BCUT2D eigenvalue weighted by molar-refractivity contribution is 5.01. The predicted octanol–water partition coefficient (Wildman–Crippen LogP) is 1.61. The molecule has 0 spiro atoms. The predicted molar refractivity (Wildman–Crippen MR) is 68.3 cm³/mol. The van der Waals surface area contributed by atoms with Crippen molar-refractivity contribution in [2.75, 3.05) is 13.2 Å². The molecule has 0 bridgehead atoms. The Bertz CT molecular complexity index is 378. The van der Waals surface area contributed by atoms with E-state index in [9.17, 15) is 0 Å². The summed E-state index contributed by atoms with van der Waals surface area (Å²) >= 11 is 0. The van der Waals surface area contributed by atoms with Crippen LogP contribution in [0.25, 0.3) is 0 Å². The van der Waals surface area contributed by atoms with Crippen molar-refractivity contribution in [3.63, 3.8) is 0 Å². The van der Waals surface area contributed by atoms with Crippen molar-refractivity contribution in [1.82, 2.24) is 14.8 Å². The number of hydrogen-bond acceptors (Lipinski definition) is 4. The van der Waals surface area contributed by atoms with Gasteiger partial charge >= 0.3 is 0 Å². The van der Waals surface area contributed by atoms with Crippen LogP contribution in [0.15, 0.2) is 6.33 Å². The highest BCUT2D eigenvalue weighted by Crippen LogP contribution is 2.33. The molecule has 2 aliphatic rings. The third kappa shape index (κ3) is 2.42. The Morgan fingerprint density at radius 2 is 1.83 bits per heavy atom. The second-order valence-electron chi connectivity index (χ2n) is 5.55. The topological polar surface area (TPSA) is 66.0 Å². The largest absolute Gasteiger partial charge is 0.381 e. The van der Waals surface area contributed by atoms with Crippen LogP contribution in [0.4, 0.5) is 0 Å². The lowest BCUT2D eigenvalue weighted by atomic mass is 9.85. The maximum Gasteiger partial charge on any atom is 0.136 e. The van der Waals surface area contributed by atoms with E-state index in [4.69, 9.17) is 10.5 Å². The van der Waals surface area contributed by atoms with E-state index in [0.717, 1.165) is 51.7 Å². The molecule has 1 aromatic rings. The molecule has 1 aliphatic heterocycles. The maximum atomic E-state index is 5.97. The van der Waals surface area contributed by atoms with Gasteiger partial charge in [-0.3, -0.25) is 0 Å². The van der Waals surface area contributed by atoms with Gasteiger partial charge in [-0.1, -0.05) is 0 Å². The van der Waals surface area contributed by atoms with E-state index >= 15 is 0 Å². The standard InChI is InChI=1S/C13H22N4O/c14-11-3-1-10(2-4-11)13-16-15-9-17(13)12-5-7-18-8-6-12/h9-12H,1-8,14H2. The fourth-order valence-corrected chi connectivity index (χ4v) is 3.17. The van der Waals surface area contributed by atoms with Gasteiger partial charge < -0.3 is 15.0 Å². The normalized spacial score (nSPS) is 30.5. The Labute approximate surface area is 108 Å². The highest BCUT2D eigenvalue weighted by Gasteiger charge is 2.27. The van der Waals surface area contributed by atoms with E-state index < -0.39 is 0 Å². The smallest absolute Gasteiger partial charge is 0.136 e. The molecule has 0 unspecified atom stereocenters. The molecule has 5 heteroatoms. The average Bonchev–Trinajstić information content (AvgIpc) is 2.90. The summed E-state index contributed by atoms with van der Waals surface area (Å²) in [6.45, 7) is 1.72. The van der Waals surface area contributed by atoms with Crippen LogP contribution in [0.5, 0.6) is 0 Å². The van der Waals surface area contributed by atoms with Crippen molar-refractivity contribution in [3.8, 4) is 0 Å². The average molecular weight is 250 g/mol. The Balaban J connectivity index is 1.74. The van der Waals surface area contributed by atoms with Gasteiger partial charge in [0.15, 0.2) is 0 Å². The molecule has 1 saturated carbocycles. The number of rotatable bonds is 2. The first-order valence-electron chi connectivity index (χ1n) is 7.07. The summed E-state index contributed by atoms with van der Waals surface area (Å²) in [5.41, 5.74) is 5.97. The molecule has 1 aliphatic carbocycles. The van der Waals surface area contributed by atoms with E-state index in [-0.39, 0.29) is 0 Å². The fourth-order valence-electron chi connectivity index (χ4n) is 3.17. The summed E-state index contributed by atoms with van der Waals surface area (Å²) in [5, 5.41) is 8.50. The summed E-state index contributed by atoms with van der Waals surface area (Å²) in [6.07, 6.45) is 8.61. The molecule has 2 N–H and O–H groups in total. The molecule has 3 rings (SSSR count). The monoisotopic (exact) mass is 250 g/mol. The van der Waals surface area contributed by atoms with Gasteiger partial charge in [-0.05, 0) is 38.5 Å². The second-order valence-corrected chi connectivity index (χ2v) is 5.55. The van der Waals surface area contributed by atoms with Gasteiger partial charge in [0.05, 0.1) is 0 Å². The van der Waals surface area contributed by atoms with Gasteiger partial charge in [-0.2, -0.15) is 0 Å². The van der Waals surface area contributed by atoms with E-state index in [1.54, 1.807) is 0 Å². The first-order valence-corrected chi connectivity index (χ1v) is 7.07. The summed E-state index contributed by atoms with van der Waals surface area (Å²) in [7, 11) is 0. The molecule has 2 heterocycles. The van der Waals surface area contributed by atoms with E-state index in [1.165, 1.54) is 5.82 Å². The molecule has 0 amide bonds. The first kappa shape index (κ1) is 12.1. The lowest BCUT2D eigenvalue weighted by Crippen LogP contribution is -2.28. The van der Waals surface area contributed by atoms with Crippen molar-refractivity contribution < 1.29 is 4.74 Å². The van der Waals surface area contributed by atoms with Crippen LogP contribution < -0.4 is 5.73 Å². The Hall–Kier alpha value is -0.940. The number of nitrogens with two attached hydrogens (primary N) is 1. The molecule has 100 valence electrons. The van der Waals surface area contributed by atoms with Gasteiger partial charge in [0.1, 0.15) is 12.2 Å². The Kier molecular flexibility index (Phi) is 3.61. The van der Waals surface area contributed by atoms with Gasteiger partial charge in [0, 0.05) is 31.2 Å². The summed E-state index contributed by atoms with van der Waals surface area (Å²) in [4.78, 5) is 0. The molecular weight excluding hydrogens is 228 g/mol. The number of hydrogen-bond donors (Lipinski definition) is 1. The van der Waals surface area contributed by atoms with E-state index in [0.29, 0.717) is 18.0 Å². The molecule has 0 atom stereocenters. The molecule has 1 aromatic heterocycles. The minimum atomic E-state index is 0.390. The maximum absolute atomic E-state index is 5.97. The van der Waals surface area contributed by atoms with Crippen LogP contribution in [0.3, 0.4) is 0 Å². The molecular formula is C13H22N4O. The number of nitrogens with zero attached hydrogens (tertiary/aromatic N) is 3. The van der Waals surface area contributed by atoms with Crippen LogP contribution in [-0.4, -0.2) is 34.0 Å². The zero-order chi connectivity index (χ0) is 12.4. The third-order valence-electron chi connectivity index (χ3n) is 4.32. The second kappa shape index (κ2) is 5.36. The van der Waals surface area contributed by atoms with Crippen LogP contribution in [0.2, 0.25) is 0 Å². The van der Waals surface area contributed by atoms with E-state index in [2.05, 4.69) is 14.8 Å². The Morgan fingerprint density at radius 1 is 1.11 bits per heavy atom. The van der Waals surface area contributed by atoms with Crippen molar-refractivity contribution >= 4 is 0 Å². The zero-order valence-electron chi connectivity index (χ0n) is 10.8. The van der Waals surface area contributed by atoms with Gasteiger partial charge in [-0.15, -0.1) is 10.2 Å². The molecule has 5 nitrogen and oxygen atoms in total. The molecule has 1 saturated heterocycles. The van der Waals surface area contributed by atoms with Crippen LogP contribution in [0, 0.1) is 0 Å². The zero-order valence-corrected chi connectivity index (χ0v) is 10.8. The fraction of sp³-hybridized carbons (Fsp3) is 0.846. The Morgan fingerprint density at radius 3 is 2.56 bits per heavy atom. The van der Waals surface area contributed by atoms with Gasteiger partial charge in [0.25, 0.3) is 0 Å². The van der Waals surface area contributed by atoms with Crippen molar-refractivity contribution in [2.45, 2.75) is 56.5 Å². The lowest BCUT2D eigenvalue weighted by Gasteiger charge is -2.29. The number of aromatic nitrogens is 3. The van der Waals surface area contributed by atoms with Gasteiger partial charge in [0.2, 0.25) is 0 Å². The quantitative estimate of drug-likeness (QED) is 0.866. The third-order valence-corrected chi connectivity index (χ3v) is 4.32. The number of ether oxygens (including phenoxy) is 1. The molecule has 0 aromatic carbocycles. The highest BCUT2D eigenvalue weighted by atomic mass is 16.5.